The Balaban J connectivity index is 3.18. The van der Waals surface area contributed by atoms with Crippen LogP contribution in [0.15, 0.2) is 12.1 Å². The lowest BCUT2D eigenvalue weighted by molar-refractivity contribution is 0.470. The van der Waals surface area contributed by atoms with Crippen LogP contribution < -0.4 is 0 Å². The lowest BCUT2D eigenvalue weighted by Gasteiger charge is -2.05. The molecule has 2 nitrogen and oxygen atoms in total. The van der Waals surface area contributed by atoms with Crippen molar-refractivity contribution in [3.63, 3.8) is 0 Å². The highest BCUT2D eigenvalue weighted by molar-refractivity contribution is 6.32. The van der Waals surface area contributed by atoms with Crippen molar-refractivity contribution < 1.29 is 5.11 Å². The third-order valence-corrected chi connectivity index (χ3v) is 2.17. The summed E-state index contributed by atoms with van der Waals surface area (Å²) in [4.78, 5) is 0. The number of nitrogens with zero attached hydrogens (tertiary/aromatic N) is 1. The normalized spacial score (nSPS) is 9.62. The standard InChI is InChI=1S/C10H10ClNO/c1-2-7-5-8(3-4-12)10(13)9(11)6-7/h5-6,13H,2-3H2,1H3. The molecule has 0 heterocycles. The summed E-state index contributed by atoms with van der Waals surface area (Å²) in [6.07, 6.45) is 1.04. The predicted molar refractivity (Wildman–Crippen MR) is 51.8 cm³/mol. The zero-order chi connectivity index (χ0) is 9.84. The number of hydrogen-bond acceptors (Lipinski definition) is 2. The molecular formula is C10H10ClNO. The Morgan fingerprint density at radius 1 is 1.54 bits per heavy atom. The van der Waals surface area contributed by atoms with E-state index in [0.717, 1.165) is 12.0 Å². The van der Waals surface area contributed by atoms with Gasteiger partial charge in [-0.1, -0.05) is 24.6 Å². The van der Waals surface area contributed by atoms with Gasteiger partial charge >= 0.3 is 0 Å². The van der Waals surface area contributed by atoms with Crippen LogP contribution in [0, 0.1) is 11.3 Å². The van der Waals surface area contributed by atoms with Crippen molar-refractivity contribution in [1.82, 2.24) is 0 Å². The average Bonchev–Trinajstić information content (AvgIpc) is 2.13. The van der Waals surface area contributed by atoms with Gasteiger partial charge in [-0.3, -0.25) is 0 Å². The molecule has 0 aliphatic heterocycles. The van der Waals surface area contributed by atoms with Crippen molar-refractivity contribution >= 4 is 11.6 Å². The number of aromatic hydroxyl groups is 1. The van der Waals surface area contributed by atoms with E-state index in [1.807, 2.05) is 19.1 Å². The zero-order valence-electron chi connectivity index (χ0n) is 7.34. The fourth-order valence-corrected chi connectivity index (χ4v) is 1.40. The molecule has 3 heteroatoms. The van der Waals surface area contributed by atoms with Crippen LogP contribution in [0.2, 0.25) is 5.02 Å². The molecule has 0 fully saturated rings. The molecule has 0 saturated carbocycles. The third kappa shape index (κ3) is 2.13. The Labute approximate surface area is 82.4 Å². The average molecular weight is 196 g/mol. The largest absolute Gasteiger partial charge is 0.506 e. The summed E-state index contributed by atoms with van der Waals surface area (Å²) in [5.41, 5.74) is 1.64. The van der Waals surface area contributed by atoms with Gasteiger partial charge in [0.05, 0.1) is 17.5 Å². The fraction of sp³-hybridized carbons (Fsp3) is 0.300. The molecule has 0 bridgehead atoms. The minimum Gasteiger partial charge on any atom is -0.506 e. The van der Waals surface area contributed by atoms with E-state index in [1.54, 1.807) is 6.07 Å². The highest BCUT2D eigenvalue weighted by Crippen LogP contribution is 2.29. The van der Waals surface area contributed by atoms with Crippen molar-refractivity contribution in [1.29, 1.82) is 5.26 Å². The van der Waals surface area contributed by atoms with Crippen LogP contribution in [-0.2, 0) is 12.8 Å². The third-order valence-electron chi connectivity index (χ3n) is 1.88. The van der Waals surface area contributed by atoms with Crippen LogP contribution in [-0.4, -0.2) is 5.11 Å². The molecule has 0 radical (unpaired) electrons. The summed E-state index contributed by atoms with van der Waals surface area (Å²) in [5.74, 6) is 0.0282. The van der Waals surface area contributed by atoms with E-state index < -0.39 is 0 Å². The second-order valence-corrected chi connectivity index (χ2v) is 3.18. The molecule has 0 amide bonds. The molecule has 0 saturated heterocycles. The van der Waals surface area contributed by atoms with Crippen molar-refractivity contribution in [2.75, 3.05) is 0 Å². The number of benzene rings is 1. The number of rotatable bonds is 2. The first-order valence-electron chi connectivity index (χ1n) is 4.06. The first-order chi connectivity index (χ1) is 6.19. The molecule has 1 aromatic carbocycles. The van der Waals surface area contributed by atoms with E-state index in [1.165, 1.54) is 0 Å². The van der Waals surface area contributed by atoms with Gasteiger partial charge in [-0.15, -0.1) is 0 Å². The van der Waals surface area contributed by atoms with E-state index in [2.05, 4.69) is 0 Å². The van der Waals surface area contributed by atoms with Gasteiger partial charge < -0.3 is 5.11 Å². The van der Waals surface area contributed by atoms with E-state index >= 15 is 0 Å². The second kappa shape index (κ2) is 4.15. The Morgan fingerprint density at radius 2 is 2.23 bits per heavy atom. The SMILES string of the molecule is CCc1cc(Cl)c(O)c(CC#N)c1. The highest BCUT2D eigenvalue weighted by Gasteiger charge is 2.06. The number of halogens is 1. The van der Waals surface area contributed by atoms with Gasteiger partial charge in [0.2, 0.25) is 0 Å². The fourth-order valence-electron chi connectivity index (χ4n) is 1.14. The lowest BCUT2D eigenvalue weighted by Crippen LogP contribution is -1.88. The first-order valence-corrected chi connectivity index (χ1v) is 4.44. The summed E-state index contributed by atoms with van der Waals surface area (Å²) >= 11 is 5.77. The summed E-state index contributed by atoms with van der Waals surface area (Å²) in [6.45, 7) is 2.00. The number of phenols is 1. The molecule has 13 heavy (non-hydrogen) atoms. The van der Waals surface area contributed by atoms with Gasteiger partial charge in [0.25, 0.3) is 0 Å². The Bertz CT molecular complexity index is 355. The minimum atomic E-state index is 0.0282. The van der Waals surface area contributed by atoms with Crippen molar-refractivity contribution in [3.05, 3.63) is 28.3 Å². The monoisotopic (exact) mass is 195 g/mol. The summed E-state index contributed by atoms with van der Waals surface area (Å²) in [7, 11) is 0. The van der Waals surface area contributed by atoms with Gasteiger partial charge in [-0.2, -0.15) is 5.26 Å². The van der Waals surface area contributed by atoms with Crippen molar-refractivity contribution in [2.24, 2.45) is 0 Å². The molecule has 0 spiro atoms. The minimum absolute atomic E-state index is 0.0282. The summed E-state index contributed by atoms with van der Waals surface area (Å²) in [6, 6.07) is 5.51. The quantitative estimate of drug-likeness (QED) is 0.789. The van der Waals surface area contributed by atoms with Gasteiger partial charge in [-0.25, -0.2) is 0 Å². The molecule has 0 atom stereocenters. The Kier molecular flexibility index (Phi) is 3.16. The molecule has 0 aromatic heterocycles. The summed E-state index contributed by atoms with van der Waals surface area (Å²) in [5, 5.41) is 18.3. The first kappa shape index (κ1) is 9.88. The number of aryl methyl sites for hydroxylation is 1. The molecule has 1 N–H and O–H groups in total. The van der Waals surface area contributed by atoms with E-state index in [9.17, 15) is 5.11 Å². The van der Waals surface area contributed by atoms with Crippen LogP contribution >= 0.6 is 11.6 Å². The van der Waals surface area contributed by atoms with Gasteiger partial charge in [-0.05, 0) is 18.1 Å². The molecule has 68 valence electrons. The highest BCUT2D eigenvalue weighted by atomic mass is 35.5. The molecule has 0 unspecified atom stereocenters. The zero-order valence-corrected chi connectivity index (χ0v) is 8.10. The topological polar surface area (TPSA) is 44.0 Å². The van der Waals surface area contributed by atoms with Crippen LogP contribution in [0.25, 0.3) is 0 Å². The Hall–Kier alpha value is -1.20. The van der Waals surface area contributed by atoms with Gasteiger partial charge in [0.15, 0.2) is 0 Å². The molecule has 0 aliphatic carbocycles. The molecule has 0 aliphatic rings. The lowest BCUT2D eigenvalue weighted by atomic mass is 10.1. The maximum Gasteiger partial charge on any atom is 0.138 e. The number of nitriles is 1. The summed E-state index contributed by atoms with van der Waals surface area (Å²) < 4.78 is 0. The Morgan fingerprint density at radius 3 is 2.77 bits per heavy atom. The van der Waals surface area contributed by atoms with E-state index in [0.29, 0.717) is 10.6 Å². The van der Waals surface area contributed by atoms with E-state index in [4.69, 9.17) is 16.9 Å². The van der Waals surface area contributed by atoms with Crippen LogP contribution in [0.5, 0.6) is 5.75 Å². The van der Waals surface area contributed by atoms with Crippen LogP contribution in [0.3, 0.4) is 0 Å². The maximum atomic E-state index is 9.47. The van der Waals surface area contributed by atoms with Crippen molar-refractivity contribution in [2.45, 2.75) is 19.8 Å². The smallest absolute Gasteiger partial charge is 0.138 e. The molecular weight excluding hydrogens is 186 g/mol. The molecule has 1 rings (SSSR count). The predicted octanol–water partition coefficient (Wildman–Crippen LogP) is 2.67. The number of hydrogen-bond donors (Lipinski definition) is 1. The maximum absolute atomic E-state index is 9.47. The van der Waals surface area contributed by atoms with Gasteiger partial charge in [0.1, 0.15) is 5.75 Å². The van der Waals surface area contributed by atoms with Gasteiger partial charge in [0, 0.05) is 5.56 Å². The van der Waals surface area contributed by atoms with E-state index in [-0.39, 0.29) is 12.2 Å². The van der Waals surface area contributed by atoms with Crippen LogP contribution in [0.1, 0.15) is 18.1 Å². The number of phenolic OH excluding ortho intramolecular Hbond substituents is 1. The van der Waals surface area contributed by atoms with Crippen LogP contribution in [0.4, 0.5) is 0 Å². The second-order valence-electron chi connectivity index (χ2n) is 2.77. The molecule has 1 aromatic rings. The van der Waals surface area contributed by atoms with Crippen molar-refractivity contribution in [3.8, 4) is 11.8 Å².